The van der Waals surface area contributed by atoms with Crippen molar-refractivity contribution in [2.24, 2.45) is 4.99 Å². The van der Waals surface area contributed by atoms with E-state index in [4.69, 9.17) is 14.2 Å². The van der Waals surface area contributed by atoms with Crippen LogP contribution in [0.25, 0.3) is 0 Å². The van der Waals surface area contributed by atoms with Crippen LogP contribution < -0.4 is 15.0 Å². The van der Waals surface area contributed by atoms with Crippen molar-refractivity contribution in [3.63, 3.8) is 0 Å². The van der Waals surface area contributed by atoms with E-state index in [0.717, 1.165) is 6.54 Å². The normalized spacial score (nSPS) is 15.2. The Bertz CT molecular complexity index is 571. The largest absolute Gasteiger partial charge is 0.497 e. The predicted octanol–water partition coefficient (Wildman–Crippen LogP) is 0.123. The number of carbonyl (C=O) groups is 1. The van der Waals surface area contributed by atoms with Crippen molar-refractivity contribution >= 4 is 11.9 Å². The standard InChI is InChI=1S/C18H27N3O4/c1-23-12-13-25-18(19-8-11-21-9-3-4-10-21)20-17(22)15-6-5-7-16(14-15)24-2/h5-7,14H,3-4,8-13H2,1-2H3,(H,19,20,22)/p+1. The molecule has 1 aromatic carbocycles. The number of nitrogens with one attached hydrogen (secondary N) is 2. The fraction of sp³-hybridized carbons (Fsp3) is 0.556. The molecule has 0 aliphatic carbocycles. The highest BCUT2D eigenvalue weighted by Crippen LogP contribution is 2.12. The fourth-order valence-corrected chi connectivity index (χ4v) is 2.72. The van der Waals surface area contributed by atoms with Crippen molar-refractivity contribution < 1.29 is 23.9 Å². The van der Waals surface area contributed by atoms with Crippen molar-refractivity contribution in [3.8, 4) is 5.75 Å². The van der Waals surface area contributed by atoms with E-state index in [1.165, 1.54) is 25.9 Å². The highest BCUT2D eigenvalue weighted by atomic mass is 16.5. The molecule has 1 amide bonds. The second-order valence-electron chi connectivity index (χ2n) is 5.92. The Kier molecular flexibility index (Phi) is 8.21. The molecule has 0 atom stereocenters. The van der Waals surface area contributed by atoms with Gasteiger partial charge in [0.1, 0.15) is 12.4 Å². The molecule has 0 aromatic heterocycles. The molecule has 1 aliphatic rings. The van der Waals surface area contributed by atoms with Crippen molar-refractivity contribution in [1.82, 2.24) is 5.32 Å². The minimum absolute atomic E-state index is 0.239. The molecule has 0 unspecified atom stereocenters. The molecule has 2 rings (SSSR count). The molecular formula is C18H28N3O4+. The Labute approximate surface area is 149 Å². The van der Waals surface area contributed by atoms with Gasteiger partial charge in [0.25, 0.3) is 11.9 Å². The van der Waals surface area contributed by atoms with E-state index in [1.54, 1.807) is 43.4 Å². The summed E-state index contributed by atoms with van der Waals surface area (Å²) in [4.78, 5) is 18.4. The Morgan fingerprint density at radius 1 is 1.24 bits per heavy atom. The lowest BCUT2D eigenvalue weighted by Gasteiger charge is -2.13. The van der Waals surface area contributed by atoms with Gasteiger partial charge in [0.15, 0.2) is 0 Å². The Morgan fingerprint density at radius 2 is 2.04 bits per heavy atom. The third-order valence-electron chi connectivity index (χ3n) is 4.11. The highest BCUT2D eigenvalue weighted by molar-refractivity contribution is 6.04. The Morgan fingerprint density at radius 3 is 2.76 bits per heavy atom. The summed E-state index contributed by atoms with van der Waals surface area (Å²) in [6, 6.07) is 7.20. The van der Waals surface area contributed by atoms with Gasteiger partial charge in [0.2, 0.25) is 0 Å². The molecule has 0 saturated carbocycles. The van der Waals surface area contributed by atoms with E-state index in [1.807, 2.05) is 0 Å². The summed E-state index contributed by atoms with van der Waals surface area (Å²) < 4.78 is 15.7. The van der Waals surface area contributed by atoms with Gasteiger partial charge in [-0.15, -0.1) is 0 Å². The molecule has 1 aromatic rings. The van der Waals surface area contributed by atoms with Gasteiger partial charge in [-0.1, -0.05) is 6.07 Å². The first kappa shape index (κ1) is 19.2. The van der Waals surface area contributed by atoms with Crippen LogP contribution in [0, 0.1) is 0 Å². The van der Waals surface area contributed by atoms with Crippen molar-refractivity contribution in [2.45, 2.75) is 12.8 Å². The molecule has 1 saturated heterocycles. The molecule has 7 heteroatoms. The molecule has 1 fully saturated rings. The summed E-state index contributed by atoms with van der Waals surface area (Å²) >= 11 is 0. The number of quaternary nitrogens is 1. The zero-order valence-corrected chi connectivity index (χ0v) is 15.0. The van der Waals surface area contributed by atoms with Gasteiger partial charge in [0.05, 0.1) is 39.9 Å². The molecule has 0 bridgehead atoms. The predicted molar refractivity (Wildman–Crippen MR) is 95.4 cm³/mol. The van der Waals surface area contributed by atoms with Crippen LogP contribution in [-0.2, 0) is 9.47 Å². The van der Waals surface area contributed by atoms with E-state index >= 15 is 0 Å². The molecule has 1 aliphatic heterocycles. The fourth-order valence-electron chi connectivity index (χ4n) is 2.72. The number of aliphatic imine (C=N–C) groups is 1. The summed E-state index contributed by atoms with van der Waals surface area (Å²) in [7, 11) is 3.17. The van der Waals surface area contributed by atoms with E-state index in [2.05, 4.69) is 10.3 Å². The summed E-state index contributed by atoms with van der Waals surface area (Å²) in [5, 5.41) is 2.74. The van der Waals surface area contributed by atoms with Gasteiger partial charge in [-0.05, 0) is 18.2 Å². The third kappa shape index (κ3) is 6.72. The highest BCUT2D eigenvalue weighted by Gasteiger charge is 2.15. The zero-order valence-electron chi connectivity index (χ0n) is 15.0. The van der Waals surface area contributed by atoms with Crippen LogP contribution in [-0.4, -0.2) is 65.5 Å². The first-order chi connectivity index (χ1) is 12.2. The van der Waals surface area contributed by atoms with Crippen LogP contribution in [0.5, 0.6) is 5.75 Å². The Hall–Kier alpha value is -2.12. The SMILES string of the molecule is COCCOC(=NCC[NH+]1CCCC1)NC(=O)c1cccc(OC)c1. The third-order valence-corrected chi connectivity index (χ3v) is 4.11. The number of ether oxygens (including phenoxy) is 3. The van der Waals surface area contributed by atoms with E-state index in [0.29, 0.717) is 31.1 Å². The number of amides is 1. The van der Waals surface area contributed by atoms with Crippen LogP contribution in [0.1, 0.15) is 23.2 Å². The van der Waals surface area contributed by atoms with Crippen molar-refractivity contribution in [3.05, 3.63) is 29.8 Å². The number of hydrogen-bond donors (Lipinski definition) is 2. The van der Waals surface area contributed by atoms with Crippen molar-refractivity contribution in [1.29, 1.82) is 0 Å². The number of methoxy groups -OCH3 is 2. The topological polar surface area (TPSA) is 73.6 Å². The summed E-state index contributed by atoms with van der Waals surface area (Å²) in [5.74, 6) is 0.354. The minimum atomic E-state index is -0.274. The lowest BCUT2D eigenvalue weighted by Crippen LogP contribution is -3.10. The monoisotopic (exact) mass is 350 g/mol. The molecule has 0 radical (unpaired) electrons. The Balaban J connectivity index is 1.94. The van der Waals surface area contributed by atoms with Crippen LogP contribution >= 0.6 is 0 Å². The molecule has 0 spiro atoms. The summed E-state index contributed by atoms with van der Waals surface area (Å²) in [6.07, 6.45) is 2.56. The number of rotatable bonds is 8. The van der Waals surface area contributed by atoms with Crippen molar-refractivity contribution in [2.75, 3.05) is 53.6 Å². The average Bonchev–Trinajstić information content (AvgIpc) is 3.15. The minimum Gasteiger partial charge on any atom is -0.497 e. The second kappa shape index (κ2) is 10.7. The maximum atomic E-state index is 12.4. The van der Waals surface area contributed by atoms with E-state index < -0.39 is 0 Å². The van der Waals surface area contributed by atoms with E-state index in [9.17, 15) is 4.79 Å². The number of carbonyl (C=O) groups excluding carboxylic acids is 1. The quantitative estimate of drug-likeness (QED) is 0.397. The molecular weight excluding hydrogens is 322 g/mol. The molecule has 25 heavy (non-hydrogen) atoms. The number of nitrogens with zero attached hydrogens (tertiary/aromatic N) is 1. The molecule has 2 N–H and O–H groups in total. The average molecular weight is 350 g/mol. The van der Waals surface area contributed by atoms with Crippen LogP contribution in [0.15, 0.2) is 29.3 Å². The summed E-state index contributed by atoms with van der Waals surface area (Å²) in [5.41, 5.74) is 0.493. The number of benzene rings is 1. The van der Waals surface area contributed by atoms with Gasteiger partial charge in [-0.2, -0.15) is 0 Å². The van der Waals surface area contributed by atoms with Crippen LogP contribution in [0.4, 0.5) is 0 Å². The van der Waals surface area contributed by atoms with Crippen LogP contribution in [0.3, 0.4) is 0 Å². The smallest absolute Gasteiger partial charge is 0.291 e. The maximum Gasteiger partial charge on any atom is 0.291 e. The lowest BCUT2D eigenvalue weighted by atomic mass is 10.2. The van der Waals surface area contributed by atoms with E-state index in [-0.39, 0.29) is 11.9 Å². The maximum absolute atomic E-state index is 12.4. The molecule has 138 valence electrons. The number of amidine groups is 1. The zero-order chi connectivity index (χ0) is 17.9. The lowest BCUT2D eigenvalue weighted by molar-refractivity contribution is -0.885. The van der Waals surface area contributed by atoms with Crippen LogP contribution in [0.2, 0.25) is 0 Å². The first-order valence-electron chi connectivity index (χ1n) is 8.68. The van der Waals surface area contributed by atoms with Gasteiger partial charge in [-0.25, -0.2) is 4.99 Å². The van der Waals surface area contributed by atoms with Gasteiger partial charge < -0.3 is 19.1 Å². The van der Waals surface area contributed by atoms with Gasteiger partial charge in [-0.3, -0.25) is 10.1 Å². The van der Waals surface area contributed by atoms with Gasteiger partial charge >= 0.3 is 0 Å². The first-order valence-corrected chi connectivity index (χ1v) is 8.68. The second-order valence-corrected chi connectivity index (χ2v) is 5.92. The summed E-state index contributed by atoms with van der Waals surface area (Å²) in [6.45, 7) is 4.75. The molecule has 7 nitrogen and oxygen atoms in total. The number of likely N-dealkylation sites (tertiary alicyclic amines) is 1. The molecule has 1 heterocycles. The van der Waals surface area contributed by atoms with Gasteiger partial charge in [0, 0.05) is 25.5 Å². The number of hydrogen-bond acceptors (Lipinski definition) is 5.